The minimum Gasteiger partial charge on any atom is -0.394 e. The highest BCUT2D eigenvalue weighted by molar-refractivity contribution is 9.10. The summed E-state index contributed by atoms with van der Waals surface area (Å²) < 4.78 is 0.978. The van der Waals surface area contributed by atoms with Crippen molar-refractivity contribution in [1.29, 1.82) is 0 Å². The van der Waals surface area contributed by atoms with Crippen LogP contribution in [0, 0.1) is 6.92 Å². The average molecular weight is 341 g/mol. The van der Waals surface area contributed by atoms with Gasteiger partial charge in [0.15, 0.2) is 0 Å². The van der Waals surface area contributed by atoms with E-state index in [2.05, 4.69) is 21.2 Å². The number of nitrogens with one attached hydrogen (secondary N) is 1. The highest BCUT2D eigenvalue weighted by Gasteiger charge is 2.14. The van der Waals surface area contributed by atoms with Gasteiger partial charge in [-0.05, 0) is 36.2 Å². The van der Waals surface area contributed by atoms with Crippen molar-refractivity contribution in [3.8, 4) is 0 Å². The van der Waals surface area contributed by atoms with E-state index in [1.807, 2.05) is 49.4 Å². The lowest BCUT2D eigenvalue weighted by Crippen LogP contribution is -2.15. The van der Waals surface area contributed by atoms with Crippen molar-refractivity contribution in [3.63, 3.8) is 0 Å². The van der Waals surface area contributed by atoms with E-state index in [1.165, 1.54) is 5.56 Å². The van der Waals surface area contributed by atoms with Crippen LogP contribution in [0.5, 0.6) is 0 Å². The van der Waals surface area contributed by atoms with Crippen molar-refractivity contribution in [2.75, 3.05) is 11.9 Å². The van der Waals surface area contributed by atoms with Gasteiger partial charge in [0.25, 0.3) is 0 Å². The van der Waals surface area contributed by atoms with Gasteiger partial charge in [0.05, 0.1) is 23.4 Å². The minimum absolute atomic E-state index is 0.00706. The predicted molar refractivity (Wildman–Crippen MR) is 83.8 cm³/mol. The van der Waals surface area contributed by atoms with Crippen molar-refractivity contribution in [1.82, 2.24) is 0 Å². The van der Waals surface area contributed by atoms with Crippen molar-refractivity contribution in [3.05, 3.63) is 63.1 Å². The first-order chi connectivity index (χ1) is 9.11. The molecular weight excluding hydrogens is 326 g/mol. The quantitative estimate of drug-likeness (QED) is 0.855. The summed E-state index contributed by atoms with van der Waals surface area (Å²) in [5.41, 5.74) is 2.99. The molecule has 2 N–H and O–H groups in total. The number of benzene rings is 2. The maximum absolute atomic E-state index is 9.60. The fourth-order valence-corrected chi connectivity index (χ4v) is 2.86. The van der Waals surface area contributed by atoms with Crippen LogP contribution in [0.2, 0.25) is 5.02 Å². The molecule has 0 aliphatic carbocycles. The Hall–Kier alpha value is -1.03. The second-order valence-electron chi connectivity index (χ2n) is 4.38. The number of para-hydroxylation sites is 1. The molecule has 2 rings (SSSR count). The van der Waals surface area contributed by atoms with E-state index in [0.717, 1.165) is 15.7 Å². The van der Waals surface area contributed by atoms with Crippen molar-refractivity contribution in [2.45, 2.75) is 13.0 Å². The Morgan fingerprint density at radius 1 is 1.26 bits per heavy atom. The zero-order valence-corrected chi connectivity index (χ0v) is 12.9. The van der Waals surface area contributed by atoms with Crippen LogP contribution in [0.4, 0.5) is 5.69 Å². The lowest BCUT2D eigenvalue weighted by Gasteiger charge is -2.20. The number of aliphatic hydroxyl groups excluding tert-OH is 1. The van der Waals surface area contributed by atoms with Gasteiger partial charge in [-0.2, -0.15) is 0 Å². The lowest BCUT2D eigenvalue weighted by atomic mass is 10.1. The Kier molecular flexibility index (Phi) is 4.86. The van der Waals surface area contributed by atoms with E-state index in [-0.39, 0.29) is 12.6 Å². The summed E-state index contributed by atoms with van der Waals surface area (Å²) in [6, 6.07) is 13.4. The molecule has 4 heteroatoms. The molecule has 0 spiro atoms. The van der Waals surface area contributed by atoms with Gasteiger partial charge in [0, 0.05) is 4.47 Å². The van der Waals surface area contributed by atoms with Crippen LogP contribution in [0.1, 0.15) is 17.2 Å². The zero-order valence-electron chi connectivity index (χ0n) is 10.5. The molecule has 0 fully saturated rings. The molecule has 0 radical (unpaired) electrons. The van der Waals surface area contributed by atoms with E-state index in [0.29, 0.717) is 5.02 Å². The van der Waals surface area contributed by atoms with Gasteiger partial charge in [-0.3, -0.25) is 0 Å². The molecule has 19 heavy (non-hydrogen) atoms. The number of aryl methyl sites for hydroxylation is 1. The second-order valence-corrected chi connectivity index (χ2v) is 5.65. The van der Waals surface area contributed by atoms with Crippen molar-refractivity contribution in [2.24, 2.45) is 0 Å². The largest absolute Gasteiger partial charge is 0.394 e. The Bertz CT molecular complexity index is 574. The number of hydrogen-bond donors (Lipinski definition) is 2. The first kappa shape index (κ1) is 14.4. The monoisotopic (exact) mass is 339 g/mol. The summed E-state index contributed by atoms with van der Waals surface area (Å²) >= 11 is 9.66. The minimum atomic E-state index is -0.199. The molecule has 0 aliphatic heterocycles. The van der Waals surface area contributed by atoms with Crippen LogP contribution in [0.3, 0.4) is 0 Å². The Morgan fingerprint density at radius 3 is 2.63 bits per heavy atom. The summed E-state index contributed by atoms with van der Waals surface area (Å²) in [5, 5.41) is 13.5. The third kappa shape index (κ3) is 3.50. The first-order valence-corrected chi connectivity index (χ1v) is 7.17. The SMILES string of the molecule is Cc1ccc(C(CO)Nc2ccccc2Cl)c(Br)c1. The number of halogens is 2. The third-order valence-corrected chi connectivity index (χ3v) is 3.93. The Balaban J connectivity index is 2.28. The molecule has 0 saturated heterocycles. The molecule has 0 aromatic heterocycles. The fourth-order valence-electron chi connectivity index (χ4n) is 1.90. The molecular formula is C15H15BrClNO. The van der Waals surface area contributed by atoms with Gasteiger partial charge in [0.1, 0.15) is 0 Å². The van der Waals surface area contributed by atoms with Gasteiger partial charge < -0.3 is 10.4 Å². The molecule has 2 aromatic rings. The zero-order chi connectivity index (χ0) is 13.8. The Labute approximate surface area is 126 Å². The van der Waals surface area contributed by atoms with E-state index in [1.54, 1.807) is 0 Å². The highest BCUT2D eigenvalue weighted by atomic mass is 79.9. The van der Waals surface area contributed by atoms with Crippen LogP contribution in [-0.4, -0.2) is 11.7 Å². The van der Waals surface area contributed by atoms with Crippen LogP contribution in [0.15, 0.2) is 46.9 Å². The molecule has 0 bridgehead atoms. The number of rotatable bonds is 4. The van der Waals surface area contributed by atoms with Gasteiger partial charge in [0.2, 0.25) is 0 Å². The Morgan fingerprint density at radius 2 is 2.00 bits per heavy atom. The molecule has 1 unspecified atom stereocenters. The molecule has 0 aliphatic rings. The fraction of sp³-hybridized carbons (Fsp3) is 0.200. The highest BCUT2D eigenvalue weighted by Crippen LogP contribution is 2.30. The third-order valence-electron chi connectivity index (χ3n) is 2.92. The average Bonchev–Trinajstić information content (AvgIpc) is 2.39. The maximum Gasteiger partial charge on any atom is 0.0756 e. The number of anilines is 1. The van der Waals surface area contributed by atoms with Gasteiger partial charge >= 0.3 is 0 Å². The second kappa shape index (κ2) is 6.42. The normalized spacial score (nSPS) is 12.2. The lowest BCUT2D eigenvalue weighted by molar-refractivity contribution is 0.276. The first-order valence-electron chi connectivity index (χ1n) is 6.00. The molecule has 2 aromatic carbocycles. The molecule has 0 heterocycles. The van der Waals surface area contributed by atoms with Gasteiger partial charge in [-0.1, -0.05) is 51.8 Å². The number of hydrogen-bond acceptors (Lipinski definition) is 2. The van der Waals surface area contributed by atoms with Crippen molar-refractivity contribution >= 4 is 33.2 Å². The van der Waals surface area contributed by atoms with Crippen LogP contribution >= 0.6 is 27.5 Å². The van der Waals surface area contributed by atoms with E-state index >= 15 is 0 Å². The standard InChI is InChI=1S/C15H15BrClNO/c1-10-6-7-11(12(16)8-10)15(9-19)18-14-5-3-2-4-13(14)17/h2-8,15,18-19H,9H2,1H3. The van der Waals surface area contributed by atoms with E-state index in [4.69, 9.17) is 11.6 Å². The molecule has 0 saturated carbocycles. The van der Waals surface area contributed by atoms with Crippen LogP contribution in [-0.2, 0) is 0 Å². The van der Waals surface area contributed by atoms with Crippen LogP contribution in [0.25, 0.3) is 0 Å². The summed E-state index contributed by atoms with van der Waals surface area (Å²) in [7, 11) is 0. The molecule has 2 nitrogen and oxygen atoms in total. The molecule has 1 atom stereocenters. The van der Waals surface area contributed by atoms with Gasteiger partial charge in [-0.15, -0.1) is 0 Å². The predicted octanol–water partition coefficient (Wildman–Crippen LogP) is 4.56. The summed E-state index contributed by atoms with van der Waals surface area (Å²) in [6.07, 6.45) is 0. The summed E-state index contributed by atoms with van der Waals surface area (Å²) in [4.78, 5) is 0. The van der Waals surface area contributed by atoms with Crippen LogP contribution < -0.4 is 5.32 Å². The van der Waals surface area contributed by atoms with E-state index in [9.17, 15) is 5.11 Å². The molecule has 0 amide bonds. The summed E-state index contributed by atoms with van der Waals surface area (Å²) in [6.45, 7) is 2.02. The number of aliphatic hydroxyl groups is 1. The smallest absolute Gasteiger partial charge is 0.0756 e. The van der Waals surface area contributed by atoms with E-state index < -0.39 is 0 Å². The molecule has 100 valence electrons. The maximum atomic E-state index is 9.60. The topological polar surface area (TPSA) is 32.3 Å². The van der Waals surface area contributed by atoms with Crippen molar-refractivity contribution < 1.29 is 5.11 Å². The summed E-state index contributed by atoms with van der Waals surface area (Å²) in [5.74, 6) is 0. The van der Waals surface area contributed by atoms with Gasteiger partial charge in [-0.25, -0.2) is 0 Å².